The molecule has 0 aliphatic rings. The minimum Gasteiger partial charge on any atom is -0.493 e. The lowest BCUT2D eigenvalue weighted by Gasteiger charge is -2.16. The second kappa shape index (κ2) is 6.98. The molecule has 2 aromatic rings. The Bertz CT molecular complexity index is 552. The van der Waals surface area contributed by atoms with Gasteiger partial charge in [0.2, 0.25) is 0 Å². The minimum absolute atomic E-state index is 0.147. The molecule has 0 fully saturated rings. The maximum atomic E-state index is 12.5. The van der Waals surface area contributed by atoms with Crippen LogP contribution in [0.4, 0.5) is 13.2 Å². The summed E-state index contributed by atoms with van der Waals surface area (Å²) >= 11 is 3.44. The summed E-state index contributed by atoms with van der Waals surface area (Å²) in [6, 6.07) is 14.6. The van der Waals surface area contributed by atoms with Crippen molar-refractivity contribution in [1.29, 1.82) is 0 Å². The predicted molar refractivity (Wildman–Crippen MR) is 79.9 cm³/mol. The molecule has 5 heteroatoms. The Kier molecular flexibility index (Phi) is 5.28. The molecular formula is C16H14BrF3O. The smallest absolute Gasteiger partial charge is 0.416 e. The summed E-state index contributed by atoms with van der Waals surface area (Å²) in [5.41, 5.74) is 0.455. The highest BCUT2D eigenvalue weighted by Gasteiger charge is 2.30. The van der Waals surface area contributed by atoms with Crippen molar-refractivity contribution in [2.24, 2.45) is 0 Å². The topological polar surface area (TPSA) is 9.23 Å². The third-order valence-electron chi connectivity index (χ3n) is 3.09. The maximum Gasteiger partial charge on any atom is 0.416 e. The van der Waals surface area contributed by atoms with Gasteiger partial charge in [-0.2, -0.15) is 13.2 Å². The quantitative estimate of drug-likeness (QED) is 0.662. The van der Waals surface area contributed by atoms with Crippen molar-refractivity contribution in [3.63, 3.8) is 0 Å². The Balaban J connectivity index is 1.99. The number of halogens is 4. The number of rotatable bonds is 5. The molecule has 0 amide bonds. The minimum atomic E-state index is -4.32. The highest BCUT2D eigenvalue weighted by Crippen LogP contribution is 2.30. The Morgan fingerprint density at radius 2 is 1.57 bits per heavy atom. The summed E-state index contributed by atoms with van der Waals surface area (Å²) in [5, 5.41) is 0.720. The van der Waals surface area contributed by atoms with Crippen LogP contribution in [0.2, 0.25) is 0 Å². The van der Waals surface area contributed by atoms with E-state index in [4.69, 9.17) is 4.74 Å². The lowest BCUT2D eigenvalue weighted by Crippen LogP contribution is -2.12. The van der Waals surface area contributed by atoms with Crippen molar-refractivity contribution < 1.29 is 17.9 Å². The van der Waals surface area contributed by atoms with Crippen molar-refractivity contribution in [1.82, 2.24) is 0 Å². The molecule has 0 aliphatic heterocycles. The number of ether oxygens (including phenoxy) is 1. The van der Waals surface area contributed by atoms with E-state index in [1.165, 1.54) is 12.1 Å². The van der Waals surface area contributed by atoms with Gasteiger partial charge in [0.1, 0.15) is 5.75 Å². The van der Waals surface area contributed by atoms with Gasteiger partial charge in [-0.05, 0) is 29.8 Å². The summed E-state index contributed by atoms with van der Waals surface area (Å²) in [5.74, 6) is 0.582. The van der Waals surface area contributed by atoms with E-state index in [1.807, 2.05) is 30.3 Å². The molecule has 0 spiro atoms. The lowest BCUT2D eigenvalue weighted by atomic mass is 10.0. The Labute approximate surface area is 129 Å². The van der Waals surface area contributed by atoms with Gasteiger partial charge in [-0.15, -0.1) is 0 Å². The molecule has 1 unspecified atom stereocenters. The van der Waals surface area contributed by atoms with Crippen LogP contribution in [0.3, 0.4) is 0 Å². The van der Waals surface area contributed by atoms with E-state index < -0.39 is 11.7 Å². The normalized spacial score (nSPS) is 13.0. The van der Waals surface area contributed by atoms with Crippen molar-refractivity contribution in [3.8, 4) is 5.75 Å². The summed E-state index contributed by atoms with van der Waals surface area (Å²) in [6.07, 6.45) is -4.32. The molecule has 2 rings (SSSR count). The molecular weight excluding hydrogens is 345 g/mol. The maximum absolute atomic E-state index is 12.5. The Morgan fingerprint density at radius 1 is 0.952 bits per heavy atom. The van der Waals surface area contributed by atoms with E-state index >= 15 is 0 Å². The number of hydrogen-bond donors (Lipinski definition) is 0. The average Bonchev–Trinajstić information content (AvgIpc) is 2.48. The first-order valence-electron chi connectivity index (χ1n) is 6.41. The molecule has 0 bridgehead atoms. The van der Waals surface area contributed by atoms with Crippen molar-refractivity contribution in [2.45, 2.75) is 12.1 Å². The van der Waals surface area contributed by atoms with Crippen molar-refractivity contribution >= 4 is 15.9 Å². The summed E-state index contributed by atoms with van der Waals surface area (Å²) in [7, 11) is 0. The van der Waals surface area contributed by atoms with E-state index in [1.54, 1.807) is 0 Å². The third kappa shape index (κ3) is 4.49. The predicted octanol–water partition coefficient (Wildman–Crippen LogP) is 5.26. The van der Waals surface area contributed by atoms with Gasteiger partial charge in [0, 0.05) is 11.2 Å². The van der Waals surface area contributed by atoms with Gasteiger partial charge in [0.05, 0.1) is 12.2 Å². The van der Waals surface area contributed by atoms with E-state index in [2.05, 4.69) is 15.9 Å². The van der Waals surface area contributed by atoms with Gasteiger partial charge in [-0.1, -0.05) is 46.3 Å². The molecule has 1 nitrogen and oxygen atoms in total. The van der Waals surface area contributed by atoms with Crippen LogP contribution in [-0.2, 0) is 6.18 Å². The van der Waals surface area contributed by atoms with E-state index in [-0.39, 0.29) is 5.92 Å². The molecule has 0 radical (unpaired) electrons. The van der Waals surface area contributed by atoms with Gasteiger partial charge in [-0.25, -0.2) is 0 Å². The second-order valence-corrected chi connectivity index (χ2v) is 5.24. The molecule has 0 saturated heterocycles. The van der Waals surface area contributed by atoms with Gasteiger partial charge >= 0.3 is 6.18 Å². The third-order valence-corrected chi connectivity index (χ3v) is 3.87. The molecule has 112 valence electrons. The first kappa shape index (κ1) is 15.9. The molecule has 0 N–H and O–H groups in total. The fraction of sp³-hybridized carbons (Fsp3) is 0.250. The fourth-order valence-electron chi connectivity index (χ4n) is 1.89. The van der Waals surface area contributed by atoms with Crippen LogP contribution in [0, 0.1) is 0 Å². The van der Waals surface area contributed by atoms with Gasteiger partial charge < -0.3 is 4.74 Å². The Hall–Kier alpha value is -1.49. The van der Waals surface area contributed by atoms with Crippen LogP contribution in [0.5, 0.6) is 5.75 Å². The number of benzene rings is 2. The summed E-state index contributed by atoms with van der Waals surface area (Å²) in [6.45, 7) is 0.403. The van der Waals surface area contributed by atoms with Gasteiger partial charge in [-0.3, -0.25) is 0 Å². The first-order valence-corrected chi connectivity index (χ1v) is 7.54. The molecule has 0 aliphatic carbocycles. The van der Waals surface area contributed by atoms with Gasteiger partial charge in [0.15, 0.2) is 0 Å². The zero-order valence-electron chi connectivity index (χ0n) is 11.1. The van der Waals surface area contributed by atoms with E-state index in [9.17, 15) is 13.2 Å². The zero-order valence-corrected chi connectivity index (χ0v) is 12.7. The molecule has 21 heavy (non-hydrogen) atoms. The van der Waals surface area contributed by atoms with Gasteiger partial charge in [0.25, 0.3) is 0 Å². The van der Waals surface area contributed by atoms with E-state index in [0.29, 0.717) is 12.4 Å². The molecule has 0 saturated carbocycles. The van der Waals surface area contributed by atoms with Crippen LogP contribution < -0.4 is 4.74 Å². The molecule has 0 heterocycles. The van der Waals surface area contributed by atoms with E-state index in [0.717, 1.165) is 23.0 Å². The van der Waals surface area contributed by atoms with Crippen LogP contribution >= 0.6 is 15.9 Å². The van der Waals surface area contributed by atoms with Crippen LogP contribution in [0.15, 0.2) is 54.6 Å². The summed E-state index contributed by atoms with van der Waals surface area (Å²) in [4.78, 5) is 0. The molecule has 2 aromatic carbocycles. The monoisotopic (exact) mass is 358 g/mol. The average molecular weight is 359 g/mol. The van der Waals surface area contributed by atoms with Crippen molar-refractivity contribution in [3.05, 3.63) is 65.7 Å². The number of hydrogen-bond acceptors (Lipinski definition) is 1. The highest BCUT2D eigenvalue weighted by atomic mass is 79.9. The molecule has 0 aromatic heterocycles. The molecule has 1 atom stereocenters. The summed E-state index contributed by atoms with van der Waals surface area (Å²) < 4.78 is 43.0. The second-order valence-electron chi connectivity index (χ2n) is 4.60. The number of alkyl halides is 4. The largest absolute Gasteiger partial charge is 0.493 e. The van der Waals surface area contributed by atoms with Crippen LogP contribution in [-0.4, -0.2) is 11.9 Å². The highest BCUT2D eigenvalue weighted by molar-refractivity contribution is 9.09. The SMILES string of the molecule is FC(F)(F)c1ccc(OCC(CBr)c2ccccc2)cc1. The van der Waals surface area contributed by atoms with Crippen LogP contribution in [0.1, 0.15) is 17.0 Å². The van der Waals surface area contributed by atoms with Crippen molar-refractivity contribution in [2.75, 3.05) is 11.9 Å². The Morgan fingerprint density at radius 3 is 2.10 bits per heavy atom. The first-order chi connectivity index (χ1) is 10.0. The fourth-order valence-corrected chi connectivity index (χ4v) is 2.45. The van der Waals surface area contributed by atoms with Crippen LogP contribution in [0.25, 0.3) is 0 Å². The standard InChI is InChI=1S/C16H14BrF3O/c17-10-13(12-4-2-1-3-5-12)11-21-15-8-6-14(7-9-15)16(18,19)20/h1-9,13H,10-11H2. The zero-order chi connectivity index (χ0) is 15.3. The lowest BCUT2D eigenvalue weighted by molar-refractivity contribution is -0.137.